The molecule has 246 valence electrons. The summed E-state index contributed by atoms with van der Waals surface area (Å²) in [7, 11) is 0. The van der Waals surface area contributed by atoms with Crippen LogP contribution in [0.25, 0.3) is 0 Å². The number of rotatable bonds is 6. The van der Waals surface area contributed by atoms with Gasteiger partial charge in [-0.3, -0.25) is 0 Å². The van der Waals surface area contributed by atoms with Crippen molar-refractivity contribution in [2.45, 2.75) is 45.3 Å². The van der Waals surface area contributed by atoms with E-state index in [1.807, 2.05) is 24.5 Å². The highest BCUT2D eigenvalue weighted by molar-refractivity contribution is 5.60. The maximum Gasteiger partial charge on any atom is 0.125 e. The second-order valence-corrected chi connectivity index (χ2v) is 12.5. The van der Waals surface area contributed by atoms with E-state index in [0.717, 1.165) is 80.4 Å². The van der Waals surface area contributed by atoms with Crippen LogP contribution in [-0.4, -0.2) is 49.5 Å². The van der Waals surface area contributed by atoms with Crippen LogP contribution >= 0.6 is 0 Å². The predicted molar refractivity (Wildman–Crippen MR) is 184 cm³/mol. The summed E-state index contributed by atoms with van der Waals surface area (Å²) < 4.78 is 26.2. The molecule has 1 unspecified atom stereocenters. The first-order chi connectivity index (χ1) is 23.5. The van der Waals surface area contributed by atoms with Crippen LogP contribution in [0.2, 0.25) is 0 Å². The van der Waals surface area contributed by atoms with E-state index in [0.29, 0.717) is 5.92 Å². The van der Waals surface area contributed by atoms with Crippen LogP contribution in [0.5, 0.6) is 0 Å². The Labute approximate surface area is 278 Å². The number of anilines is 3. The lowest BCUT2D eigenvalue weighted by atomic mass is 10.0. The summed E-state index contributed by atoms with van der Waals surface area (Å²) in [5, 5.41) is 0. The Bertz CT molecular complexity index is 1910. The fourth-order valence-corrected chi connectivity index (χ4v) is 6.79. The molecule has 3 aromatic heterocycles. The molecule has 0 spiro atoms. The second kappa shape index (κ2) is 14.1. The van der Waals surface area contributed by atoms with Crippen molar-refractivity contribution >= 4 is 17.1 Å². The zero-order chi connectivity index (χ0) is 32.9. The van der Waals surface area contributed by atoms with Gasteiger partial charge in [-0.05, 0) is 65.9 Å². The van der Waals surface area contributed by atoms with Crippen LogP contribution in [-0.2, 0) is 32.5 Å². The SMILES string of the molecule is CC1CN(Cc2cnc[nH]2)c2ccccc21.Fc1ccc2c(c1)CCN2Cc1cnc[nH]1.Fc1ccc2c(c1)N(Cc1cnc[nH]1)CC2. The Balaban J connectivity index is 0.000000114. The van der Waals surface area contributed by atoms with Crippen molar-refractivity contribution in [1.82, 2.24) is 29.9 Å². The maximum absolute atomic E-state index is 13.2. The van der Waals surface area contributed by atoms with Crippen LogP contribution in [0.4, 0.5) is 25.8 Å². The Morgan fingerprint density at radius 3 is 1.83 bits per heavy atom. The van der Waals surface area contributed by atoms with E-state index >= 15 is 0 Å². The van der Waals surface area contributed by atoms with Gasteiger partial charge in [0.15, 0.2) is 0 Å². The maximum atomic E-state index is 13.2. The molecule has 9 nitrogen and oxygen atoms in total. The van der Waals surface area contributed by atoms with Gasteiger partial charge in [0.1, 0.15) is 11.6 Å². The lowest BCUT2D eigenvalue weighted by Gasteiger charge is -2.18. The molecule has 6 aromatic rings. The van der Waals surface area contributed by atoms with Gasteiger partial charge >= 0.3 is 0 Å². The highest BCUT2D eigenvalue weighted by Gasteiger charge is 2.25. The Morgan fingerprint density at radius 2 is 1.19 bits per heavy atom. The highest BCUT2D eigenvalue weighted by atomic mass is 19.1. The van der Waals surface area contributed by atoms with Crippen LogP contribution in [0, 0.1) is 11.6 Å². The van der Waals surface area contributed by atoms with Gasteiger partial charge in [-0.15, -0.1) is 0 Å². The topological polar surface area (TPSA) is 95.8 Å². The molecule has 3 aliphatic rings. The summed E-state index contributed by atoms with van der Waals surface area (Å²) in [6, 6.07) is 18.7. The average molecular weight is 648 g/mol. The third-order valence-corrected chi connectivity index (χ3v) is 9.12. The Hall–Kier alpha value is -5.45. The molecule has 1 atom stereocenters. The van der Waals surface area contributed by atoms with Crippen LogP contribution < -0.4 is 14.7 Å². The Kier molecular flexibility index (Phi) is 9.17. The molecule has 0 radical (unpaired) electrons. The highest BCUT2D eigenvalue weighted by Crippen LogP contribution is 2.36. The first-order valence-electron chi connectivity index (χ1n) is 16.3. The number of fused-ring (bicyclic) bond motifs is 3. The number of H-pyrrole nitrogens is 3. The van der Waals surface area contributed by atoms with Gasteiger partial charge in [-0.1, -0.05) is 31.2 Å². The lowest BCUT2D eigenvalue weighted by Crippen LogP contribution is -2.20. The van der Waals surface area contributed by atoms with Crippen LogP contribution in [0.3, 0.4) is 0 Å². The van der Waals surface area contributed by atoms with Gasteiger partial charge in [0.2, 0.25) is 0 Å². The van der Waals surface area contributed by atoms with Gasteiger partial charge in [-0.25, -0.2) is 23.7 Å². The summed E-state index contributed by atoms with van der Waals surface area (Å²) in [4.78, 5) is 28.2. The number of nitrogens with zero attached hydrogens (tertiary/aromatic N) is 6. The van der Waals surface area contributed by atoms with E-state index in [1.54, 1.807) is 37.3 Å². The number of hydrogen-bond acceptors (Lipinski definition) is 6. The van der Waals surface area contributed by atoms with Crippen molar-refractivity contribution in [2.75, 3.05) is 34.3 Å². The fourth-order valence-electron chi connectivity index (χ4n) is 6.79. The summed E-state index contributed by atoms with van der Waals surface area (Å²) in [5.74, 6) is 0.302. The number of nitrogens with one attached hydrogen (secondary N) is 3. The second-order valence-electron chi connectivity index (χ2n) is 12.5. The van der Waals surface area contributed by atoms with Gasteiger partial charge in [0.05, 0.1) is 55.7 Å². The predicted octanol–water partition coefficient (Wildman–Crippen LogP) is 6.76. The van der Waals surface area contributed by atoms with E-state index < -0.39 is 0 Å². The minimum absolute atomic E-state index is 0.151. The van der Waals surface area contributed by atoms with Crippen molar-refractivity contribution < 1.29 is 8.78 Å². The lowest BCUT2D eigenvalue weighted by molar-refractivity contribution is 0.626. The minimum Gasteiger partial charge on any atom is -0.365 e. The van der Waals surface area contributed by atoms with Gasteiger partial charge in [0.25, 0.3) is 0 Å². The number of halogens is 2. The van der Waals surface area contributed by atoms with Crippen molar-refractivity contribution in [3.63, 3.8) is 0 Å². The zero-order valence-corrected chi connectivity index (χ0v) is 26.9. The number of aromatic amines is 3. The molecule has 9 rings (SSSR count). The molecule has 0 amide bonds. The third kappa shape index (κ3) is 7.10. The van der Waals surface area contributed by atoms with E-state index in [4.69, 9.17) is 0 Å². The summed E-state index contributed by atoms with van der Waals surface area (Å²) in [6.07, 6.45) is 12.5. The van der Waals surface area contributed by atoms with Crippen molar-refractivity contribution in [1.29, 1.82) is 0 Å². The van der Waals surface area contributed by atoms with Gasteiger partial charge in [-0.2, -0.15) is 0 Å². The summed E-state index contributed by atoms with van der Waals surface area (Å²) in [6.45, 7) is 7.75. The molecule has 0 bridgehead atoms. The number of imidazole rings is 3. The standard InChI is InChI=1S/C13H15N3.2C12H12FN3/c1-10-7-16(8-11-6-14-9-15-11)13-5-3-2-4-12(10)13;13-10-1-2-12-9(5-10)3-4-16(12)7-11-6-14-8-15-11;13-10-2-1-9-3-4-16(12(9)5-10)7-11-6-14-8-15-11/h2-6,9-10H,7-8H2,1H3,(H,14,15);2*1-2,5-6,8H,3-4,7H2,(H,14,15). The van der Waals surface area contributed by atoms with Crippen LogP contribution in [0.1, 0.15) is 46.6 Å². The van der Waals surface area contributed by atoms with Crippen molar-refractivity contribution in [2.24, 2.45) is 0 Å². The third-order valence-electron chi connectivity index (χ3n) is 9.12. The zero-order valence-electron chi connectivity index (χ0n) is 26.9. The molecule has 0 saturated heterocycles. The van der Waals surface area contributed by atoms with E-state index in [-0.39, 0.29) is 11.6 Å². The molecule has 6 heterocycles. The molecule has 0 saturated carbocycles. The average Bonchev–Trinajstić information content (AvgIpc) is 3.95. The molecule has 48 heavy (non-hydrogen) atoms. The van der Waals surface area contributed by atoms with Crippen LogP contribution in [0.15, 0.2) is 98.2 Å². The molecule has 0 fully saturated rings. The number of para-hydroxylation sites is 1. The molecule has 3 aromatic carbocycles. The number of hydrogen-bond donors (Lipinski definition) is 3. The van der Waals surface area contributed by atoms with Gasteiger partial charge < -0.3 is 29.7 Å². The Morgan fingerprint density at radius 1 is 0.625 bits per heavy atom. The largest absolute Gasteiger partial charge is 0.365 e. The molecule has 3 N–H and O–H groups in total. The van der Waals surface area contributed by atoms with E-state index in [9.17, 15) is 8.78 Å². The van der Waals surface area contributed by atoms with Crippen molar-refractivity contribution in [3.8, 4) is 0 Å². The normalized spacial score (nSPS) is 15.7. The van der Waals surface area contributed by atoms with E-state index in [1.165, 1.54) is 34.6 Å². The van der Waals surface area contributed by atoms with Crippen molar-refractivity contribution in [3.05, 3.63) is 144 Å². The quantitative estimate of drug-likeness (QED) is 0.185. The first kappa shape index (κ1) is 31.2. The summed E-state index contributed by atoms with van der Waals surface area (Å²) in [5.41, 5.74) is 10.6. The van der Waals surface area contributed by atoms with Gasteiger partial charge in [0, 0.05) is 61.2 Å². The van der Waals surface area contributed by atoms with E-state index in [2.05, 4.69) is 75.8 Å². The molecule has 11 heteroatoms. The smallest absolute Gasteiger partial charge is 0.125 e. The molecule has 3 aliphatic heterocycles. The number of aromatic nitrogens is 6. The monoisotopic (exact) mass is 647 g/mol. The molecular formula is C37H39F2N9. The number of benzene rings is 3. The molecular weight excluding hydrogens is 608 g/mol. The first-order valence-corrected chi connectivity index (χ1v) is 16.3. The molecule has 0 aliphatic carbocycles. The summed E-state index contributed by atoms with van der Waals surface area (Å²) >= 11 is 0. The fraction of sp³-hybridized carbons (Fsp3) is 0.270. The minimum atomic E-state index is -0.171.